The summed E-state index contributed by atoms with van der Waals surface area (Å²) < 4.78 is 0. The van der Waals surface area contributed by atoms with Gasteiger partial charge < -0.3 is 0 Å². The highest BCUT2D eigenvalue weighted by atomic mass is 32.1. The van der Waals surface area contributed by atoms with Crippen LogP contribution in [-0.2, 0) is 11.8 Å². The maximum absolute atomic E-state index is 4.52. The number of rotatable bonds is 9. The molecule has 0 aliphatic rings. The molecule has 0 fully saturated rings. The summed E-state index contributed by atoms with van der Waals surface area (Å²) in [6.45, 7) is 11.4. The summed E-state index contributed by atoms with van der Waals surface area (Å²) >= 11 is 1.85. The van der Waals surface area contributed by atoms with Gasteiger partial charge in [0, 0.05) is 11.8 Å². The van der Waals surface area contributed by atoms with E-state index in [0.717, 1.165) is 6.42 Å². The second-order valence-electron chi connectivity index (χ2n) is 6.37. The largest absolute Gasteiger partial charge is 0.144 e. The Morgan fingerprint density at radius 3 is 2.11 bits per heavy atom. The molecular weight excluding hydrogens is 252 g/mol. The molecular formula is C16H30N2S. The van der Waals surface area contributed by atoms with E-state index in [1.54, 1.807) is 0 Å². The number of nitrogens with zero attached hydrogens (tertiary/aromatic N) is 2. The second-order valence-corrected chi connectivity index (χ2v) is 7.43. The summed E-state index contributed by atoms with van der Waals surface area (Å²) in [4.78, 5) is 0. The highest BCUT2D eigenvalue weighted by molar-refractivity contribution is 7.11. The SMILES string of the molecule is CCCCC(C)(CCCC)c1nnc(CC(C)C)s1. The summed E-state index contributed by atoms with van der Waals surface area (Å²) in [5.41, 5.74) is 0.249. The average Bonchev–Trinajstić information content (AvgIpc) is 2.82. The van der Waals surface area contributed by atoms with E-state index in [1.165, 1.54) is 48.5 Å². The van der Waals surface area contributed by atoms with Crippen LogP contribution in [0.15, 0.2) is 0 Å². The highest BCUT2D eigenvalue weighted by Crippen LogP contribution is 2.36. The molecule has 1 aromatic rings. The third kappa shape index (κ3) is 5.21. The predicted octanol–water partition coefficient (Wildman–Crippen LogP) is 5.37. The van der Waals surface area contributed by atoms with Gasteiger partial charge in [-0.05, 0) is 18.8 Å². The van der Waals surface area contributed by atoms with Crippen LogP contribution in [0.1, 0.15) is 83.2 Å². The van der Waals surface area contributed by atoms with Crippen LogP contribution in [0.5, 0.6) is 0 Å². The Labute approximate surface area is 123 Å². The fourth-order valence-electron chi connectivity index (χ4n) is 2.40. The summed E-state index contributed by atoms with van der Waals surface area (Å²) in [5, 5.41) is 11.4. The van der Waals surface area contributed by atoms with E-state index in [-0.39, 0.29) is 5.41 Å². The maximum atomic E-state index is 4.52. The van der Waals surface area contributed by atoms with Gasteiger partial charge in [-0.25, -0.2) is 0 Å². The molecule has 19 heavy (non-hydrogen) atoms. The molecule has 0 bridgehead atoms. The first-order valence-corrected chi connectivity index (χ1v) is 8.66. The van der Waals surface area contributed by atoms with E-state index in [0.29, 0.717) is 5.92 Å². The molecule has 0 atom stereocenters. The van der Waals surface area contributed by atoms with Crippen molar-refractivity contribution in [3.63, 3.8) is 0 Å². The Bertz CT molecular complexity index is 349. The van der Waals surface area contributed by atoms with Gasteiger partial charge in [-0.2, -0.15) is 0 Å². The minimum absolute atomic E-state index is 0.249. The summed E-state index contributed by atoms with van der Waals surface area (Å²) in [6, 6.07) is 0. The highest BCUT2D eigenvalue weighted by Gasteiger charge is 2.29. The number of hydrogen-bond donors (Lipinski definition) is 0. The number of unbranched alkanes of at least 4 members (excludes halogenated alkanes) is 2. The number of aromatic nitrogens is 2. The van der Waals surface area contributed by atoms with Gasteiger partial charge >= 0.3 is 0 Å². The van der Waals surface area contributed by atoms with Crippen molar-refractivity contribution in [2.24, 2.45) is 5.92 Å². The lowest BCUT2D eigenvalue weighted by molar-refractivity contribution is 0.370. The summed E-state index contributed by atoms with van der Waals surface area (Å²) in [7, 11) is 0. The van der Waals surface area contributed by atoms with Crippen LogP contribution in [-0.4, -0.2) is 10.2 Å². The Morgan fingerprint density at radius 1 is 1.05 bits per heavy atom. The maximum Gasteiger partial charge on any atom is 0.123 e. The normalized spacial score (nSPS) is 12.3. The first-order chi connectivity index (χ1) is 9.01. The molecule has 1 rings (SSSR count). The van der Waals surface area contributed by atoms with Crippen molar-refractivity contribution >= 4 is 11.3 Å². The molecule has 2 nitrogen and oxygen atoms in total. The lowest BCUT2D eigenvalue weighted by Gasteiger charge is -2.26. The molecule has 0 saturated carbocycles. The van der Waals surface area contributed by atoms with Gasteiger partial charge in [0.05, 0.1) is 0 Å². The Hall–Kier alpha value is -0.440. The van der Waals surface area contributed by atoms with E-state index in [4.69, 9.17) is 0 Å². The van der Waals surface area contributed by atoms with Crippen molar-refractivity contribution in [2.75, 3.05) is 0 Å². The predicted molar refractivity (Wildman–Crippen MR) is 84.9 cm³/mol. The Balaban J connectivity index is 2.80. The van der Waals surface area contributed by atoms with Gasteiger partial charge in [0.15, 0.2) is 0 Å². The molecule has 0 saturated heterocycles. The van der Waals surface area contributed by atoms with Crippen molar-refractivity contribution in [3.05, 3.63) is 10.0 Å². The zero-order valence-electron chi connectivity index (χ0n) is 13.3. The molecule has 0 aromatic carbocycles. The third-order valence-corrected chi connectivity index (χ3v) is 4.98. The average molecular weight is 282 g/mol. The molecule has 1 aromatic heterocycles. The van der Waals surface area contributed by atoms with E-state index in [9.17, 15) is 0 Å². The molecule has 1 heterocycles. The van der Waals surface area contributed by atoms with Crippen LogP contribution < -0.4 is 0 Å². The van der Waals surface area contributed by atoms with E-state index < -0.39 is 0 Å². The minimum Gasteiger partial charge on any atom is -0.144 e. The standard InChI is InChI=1S/C16H30N2S/c1-6-8-10-16(5,11-9-7-2)15-18-17-14(19-15)12-13(3)4/h13H,6-12H2,1-5H3. The van der Waals surface area contributed by atoms with Crippen molar-refractivity contribution in [3.8, 4) is 0 Å². The topological polar surface area (TPSA) is 25.8 Å². The molecule has 0 amide bonds. The van der Waals surface area contributed by atoms with Crippen molar-refractivity contribution < 1.29 is 0 Å². The molecule has 0 aliphatic heterocycles. The van der Waals surface area contributed by atoms with E-state index >= 15 is 0 Å². The van der Waals surface area contributed by atoms with Crippen molar-refractivity contribution in [2.45, 2.75) is 85.0 Å². The molecule has 0 N–H and O–H groups in total. The van der Waals surface area contributed by atoms with Crippen LogP contribution in [0, 0.1) is 5.92 Å². The molecule has 110 valence electrons. The lowest BCUT2D eigenvalue weighted by Crippen LogP contribution is -2.21. The smallest absolute Gasteiger partial charge is 0.123 e. The Kier molecular flexibility index (Phi) is 6.98. The zero-order valence-corrected chi connectivity index (χ0v) is 14.1. The van der Waals surface area contributed by atoms with Gasteiger partial charge in [0.25, 0.3) is 0 Å². The fraction of sp³-hybridized carbons (Fsp3) is 0.875. The van der Waals surface area contributed by atoms with Crippen LogP contribution in [0.25, 0.3) is 0 Å². The van der Waals surface area contributed by atoms with Crippen molar-refractivity contribution in [1.82, 2.24) is 10.2 Å². The van der Waals surface area contributed by atoms with Crippen LogP contribution in [0.4, 0.5) is 0 Å². The molecule has 0 unspecified atom stereocenters. The zero-order chi connectivity index (χ0) is 14.3. The van der Waals surface area contributed by atoms with Gasteiger partial charge in [-0.3, -0.25) is 0 Å². The quantitative estimate of drug-likeness (QED) is 0.608. The molecule has 0 aliphatic carbocycles. The van der Waals surface area contributed by atoms with E-state index in [1.807, 2.05) is 11.3 Å². The van der Waals surface area contributed by atoms with Crippen molar-refractivity contribution in [1.29, 1.82) is 0 Å². The molecule has 0 spiro atoms. The fourth-order valence-corrected chi connectivity index (χ4v) is 3.66. The first-order valence-electron chi connectivity index (χ1n) is 7.84. The van der Waals surface area contributed by atoms with Gasteiger partial charge in [-0.1, -0.05) is 60.3 Å². The lowest BCUT2D eigenvalue weighted by atomic mass is 9.81. The number of hydrogen-bond acceptors (Lipinski definition) is 3. The second kappa shape index (κ2) is 7.98. The molecule has 0 radical (unpaired) electrons. The van der Waals surface area contributed by atoms with Crippen LogP contribution in [0.3, 0.4) is 0 Å². The van der Waals surface area contributed by atoms with Crippen LogP contribution >= 0.6 is 11.3 Å². The monoisotopic (exact) mass is 282 g/mol. The van der Waals surface area contributed by atoms with Crippen LogP contribution in [0.2, 0.25) is 0 Å². The van der Waals surface area contributed by atoms with Gasteiger partial charge in [0.1, 0.15) is 10.0 Å². The van der Waals surface area contributed by atoms with E-state index in [2.05, 4.69) is 44.8 Å². The Morgan fingerprint density at radius 2 is 1.63 bits per heavy atom. The molecule has 3 heteroatoms. The summed E-state index contributed by atoms with van der Waals surface area (Å²) in [5.74, 6) is 0.665. The first kappa shape index (κ1) is 16.6. The third-order valence-electron chi connectivity index (χ3n) is 3.73. The summed E-state index contributed by atoms with van der Waals surface area (Å²) in [6.07, 6.45) is 8.67. The van der Waals surface area contributed by atoms with Gasteiger partial charge in [-0.15, -0.1) is 21.5 Å². The minimum atomic E-state index is 0.249. The van der Waals surface area contributed by atoms with Gasteiger partial charge in [0.2, 0.25) is 0 Å².